The molecule has 0 aliphatic rings. The second-order valence-electron chi connectivity index (χ2n) is 9.11. The predicted octanol–water partition coefficient (Wildman–Crippen LogP) is 5.91. The van der Waals surface area contributed by atoms with Crippen LogP contribution in [0.3, 0.4) is 0 Å². The van der Waals surface area contributed by atoms with E-state index in [1.165, 1.54) is 11.1 Å². The van der Waals surface area contributed by atoms with Gasteiger partial charge in [0, 0.05) is 22.9 Å². The normalized spacial score (nSPS) is 11.6. The Hall–Kier alpha value is -3.99. The maximum atomic E-state index is 12.6. The maximum Gasteiger partial charge on any atom is 0.271 e. The molecule has 3 aromatic carbocycles. The summed E-state index contributed by atoms with van der Waals surface area (Å²) in [6.45, 7) is 8.49. The van der Waals surface area contributed by atoms with E-state index in [-0.39, 0.29) is 11.3 Å². The van der Waals surface area contributed by atoms with E-state index in [0.717, 1.165) is 22.5 Å². The van der Waals surface area contributed by atoms with Gasteiger partial charge >= 0.3 is 0 Å². The van der Waals surface area contributed by atoms with Crippen molar-refractivity contribution in [2.24, 2.45) is 5.10 Å². The number of carbonyl (C=O) groups excluding carboxylic acids is 1. The SMILES string of the molecule is Cc1ccc(-c2nn(-c3ccccc3)cc2/C=N/NC(=O)c2ccc(C(C)(C)C)cc2)cc1. The summed E-state index contributed by atoms with van der Waals surface area (Å²) in [7, 11) is 0. The van der Waals surface area contributed by atoms with E-state index in [2.05, 4.69) is 50.4 Å². The van der Waals surface area contributed by atoms with Gasteiger partial charge in [-0.3, -0.25) is 4.79 Å². The highest BCUT2D eigenvalue weighted by atomic mass is 16.2. The third-order valence-corrected chi connectivity index (χ3v) is 5.47. The summed E-state index contributed by atoms with van der Waals surface area (Å²) >= 11 is 0. The fourth-order valence-electron chi connectivity index (χ4n) is 3.48. The van der Waals surface area contributed by atoms with Crippen LogP contribution in [0, 0.1) is 6.92 Å². The number of hydrogen-bond acceptors (Lipinski definition) is 3. The first-order valence-corrected chi connectivity index (χ1v) is 11.0. The lowest BCUT2D eigenvalue weighted by Gasteiger charge is -2.18. The molecule has 0 fully saturated rings. The standard InChI is InChI=1S/C28H28N4O/c1-20-10-12-21(13-11-20)26-23(19-32(31-26)25-8-6-5-7-9-25)18-29-30-27(33)22-14-16-24(17-15-22)28(2,3)4/h5-19H,1-4H3,(H,30,33)/b29-18+. The van der Waals surface area contributed by atoms with Crippen LogP contribution in [0.25, 0.3) is 16.9 Å². The number of benzene rings is 3. The molecule has 0 spiro atoms. The van der Waals surface area contributed by atoms with E-state index < -0.39 is 0 Å². The molecule has 5 heteroatoms. The van der Waals surface area contributed by atoms with Crippen LogP contribution in [0.2, 0.25) is 0 Å². The topological polar surface area (TPSA) is 59.3 Å². The smallest absolute Gasteiger partial charge is 0.267 e. The Morgan fingerprint density at radius 2 is 1.61 bits per heavy atom. The molecule has 0 radical (unpaired) electrons. The lowest BCUT2D eigenvalue weighted by atomic mass is 9.87. The quantitative estimate of drug-likeness (QED) is 0.312. The monoisotopic (exact) mass is 436 g/mol. The Bertz CT molecular complexity index is 1260. The highest BCUT2D eigenvalue weighted by Crippen LogP contribution is 2.24. The molecule has 33 heavy (non-hydrogen) atoms. The van der Waals surface area contributed by atoms with Crippen LogP contribution in [0.15, 0.2) is 90.2 Å². The molecule has 1 heterocycles. The molecular formula is C28H28N4O. The average Bonchev–Trinajstić information content (AvgIpc) is 3.24. The maximum absolute atomic E-state index is 12.6. The minimum absolute atomic E-state index is 0.0401. The van der Waals surface area contributed by atoms with Gasteiger partial charge in [-0.2, -0.15) is 10.2 Å². The van der Waals surface area contributed by atoms with Gasteiger partial charge in [0.15, 0.2) is 0 Å². The van der Waals surface area contributed by atoms with Crippen molar-refractivity contribution in [1.29, 1.82) is 0 Å². The summed E-state index contributed by atoms with van der Waals surface area (Å²) in [4.78, 5) is 12.6. The first-order chi connectivity index (χ1) is 15.8. The molecule has 166 valence electrons. The van der Waals surface area contributed by atoms with Crippen molar-refractivity contribution in [2.45, 2.75) is 33.1 Å². The number of carbonyl (C=O) groups is 1. The van der Waals surface area contributed by atoms with Gasteiger partial charge in [-0.1, -0.05) is 80.9 Å². The van der Waals surface area contributed by atoms with Gasteiger partial charge in [0.05, 0.1) is 11.9 Å². The fourth-order valence-corrected chi connectivity index (χ4v) is 3.48. The Kier molecular flexibility index (Phi) is 6.22. The van der Waals surface area contributed by atoms with E-state index in [1.54, 1.807) is 6.21 Å². The van der Waals surface area contributed by atoms with Crippen molar-refractivity contribution in [1.82, 2.24) is 15.2 Å². The minimum atomic E-state index is -0.251. The predicted molar refractivity (Wildman–Crippen MR) is 134 cm³/mol. The van der Waals surface area contributed by atoms with Crippen molar-refractivity contribution in [3.63, 3.8) is 0 Å². The second kappa shape index (κ2) is 9.25. The van der Waals surface area contributed by atoms with Crippen molar-refractivity contribution in [3.8, 4) is 16.9 Å². The summed E-state index contributed by atoms with van der Waals surface area (Å²) in [5.74, 6) is -0.251. The summed E-state index contributed by atoms with van der Waals surface area (Å²) in [6, 6.07) is 25.7. The highest BCUT2D eigenvalue weighted by Gasteiger charge is 2.14. The fraction of sp³-hybridized carbons (Fsp3) is 0.179. The van der Waals surface area contributed by atoms with Gasteiger partial charge in [0.25, 0.3) is 5.91 Å². The van der Waals surface area contributed by atoms with Crippen LogP contribution < -0.4 is 5.43 Å². The molecule has 1 amide bonds. The summed E-state index contributed by atoms with van der Waals surface area (Å²) in [6.07, 6.45) is 3.56. The molecule has 1 aromatic heterocycles. The molecule has 0 aliphatic heterocycles. The molecule has 0 atom stereocenters. The highest BCUT2D eigenvalue weighted by molar-refractivity contribution is 5.95. The van der Waals surface area contributed by atoms with Gasteiger partial charge in [-0.15, -0.1) is 0 Å². The number of amides is 1. The molecule has 1 N–H and O–H groups in total. The number of aromatic nitrogens is 2. The van der Waals surface area contributed by atoms with Crippen molar-refractivity contribution in [3.05, 3.63) is 107 Å². The van der Waals surface area contributed by atoms with Gasteiger partial charge < -0.3 is 0 Å². The second-order valence-corrected chi connectivity index (χ2v) is 9.11. The first-order valence-electron chi connectivity index (χ1n) is 11.0. The van der Waals surface area contributed by atoms with Crippen LogP contribution in [-0.2, 0) is 5.41 Å². The Morgan fingerprint density at radius 1 is 0.939 bits per heavy atom. The zero-order valence-corrected chi connectivity index (χ0v) is 19.4. The van der Waals surface area contributed by atoms with Gasteiger partial charge in [0.2, 0.25) is 0 Å². The van der Waals surface area contributed by atoms with Crippen LogP contribution >= 0.6 is 0 Å². The zero-order valence-electron chi connectivity index (χ0n) is 19.4. The molecule has 0 saturated carbocycles. The van der Waals surface area contributed by atoms with Crippen molar-refractivity contribution >= 4 is 12.1 Å². The third-order valence-electron chi connectivity index (χ3n) is 5.47. The van der Waals surface area contributed by atoms with Gasteiger partial charge in [-0.05, 0) is 42.2 Å². The zero-order chi connectivity index (χ0) is 23.4. The summed E-state index contributed by atoms with van der Waals surface area (Å²) in [5, 5.41) is 9.00. The van der Waals surface area contributed by atoms with Crippen LogP contribution in [0.1, 0.15) is 47.8 Å². The number of nitrogens with one attached hydrogen (secondary N) is 1. The lowest BCUT2D eigenvalue weighted by Crippen LogP contribution is -2.18. The van der Waals surface area contributed by atoms with E-state index in [0.29, 0.717) is 5.56 Å². The van der Waals surface area contributed by atoms with E-state index in [1.807, 2.05) is 77.6 Å². The average molecular weight is 437 g/mol. The Balaban J connectivity index is 1.58. The van der Waals surface area contributed by atoms with E-state index in [4.69, 9.17) is 5.10 Å². The number of rotatable bonds is 5. The number of nitrogens with zero attached hydrogens (tertiary/aromatic N) is 3. The van der Waals surface area contributed by atoms with Crippen molar-refractivity contribution in [2.75, 3.05) is 0 Å². The molecule has 4 aromatic rings. The molecule has 0 unspecified atom stereocenters. The minimum Gasteiger partial charge on any atom is -0.267 e. The van der Waals surface area contributed by atoms with E-state index >= 15 is 0 Å². The van der Waals surface area contributed by atoms with Gasteiger partial charge in [-0.25, -0.2) is 10.1 Å². The first kappa shape index (κ1) is 22.2. The third kappa shape index (κ3) is 5.26. The van der Waals surface area contributed by atoms with Crippen molar-refractivity contribution < 1.29 is 4.79 Å². The number of hydrazone groups is 1. The summed E-state index contributed by atoms with van der Waals surface area (Å²) < 4.78 is 1.82. The molecule has 4 rings (SSSR count). The van der Waals surface area contributed by atoms with Gasteiger partial charge in [0.1, 0.15) is 5.69 Å². The Morgan fingerprint density at radius 3 is 2.24 bits per heavy atom. The summed E-state index contributed by atoms with van der Waals surface area (Å²) in [5.41, 5.74) is 9.15. The molecule has 0 saturated heterocycles. The number of aryl methyl sites for hydroxylation is 1. The largest absolute Gasteiger partial charge is 0.271 e. The molecular weight excluding hydrogens is 408 g/mol. The lowest BCUT2D eigenvalue weighted by molar-refractivity contribution is 0.0955. The number of para-hydroxylation sites is 1. The molecule has 0 aliphatic carbocycles. The van der Waals surface area contributed by atoms with Crippen LogP contribution in [0.4, 0.5) is 0 Å². The van der Waals surface area contributed by atoms with Crippen LogP contribution in [0.5, 0.6) is 0 Å². The molecule has 0 bridgehead atoms. The number of hydrogen-bond donors (Lipinski definition) is 1. The molecule has 5 nitrogen and oxygen atoms in total. The van der Waals surface area contributed by atoms with Crippen LogP contribution in [-0.4, -0.2) is 21.9 Å². The Labute approximate surface area is 194 Å². The van der Waals surface area contributed by atoms with E-state index in [9.17, 15) is 4.79 Å².